The van der Waals surface area contributed by atoms with Crippen molar-refractivity contribution in [1.82, 2.24) is 19.6 Å². The summed E-state index contributed by atoms with van der Waals surface area (Å²) in [4.78, 5) is 21.5. The Morgan fingerprint density at radius 1 is 1.09 bits per heavy atom. The highest BCUT2D eigenvalue weighted by Crippen LogP contribution is 2.30. The predicted octanol–water partition coefficient (Wildman–Crippen LogP) is 4.62. The second kappa shape index (κ2) is 8.53. The van der Waals surface area contributed by atoms with Gasteiger partial charge < -0.3 is 10.1 Å². The van der Waals surface area contributed by atoms with Gasteiger partial charge in [-0.2, -0.15) is 18.2 Å². The van der Waals surface area contributed by atoms with Crippen molar-refractivity contribution < 1.29 is 22.7 Å². The van der Waals surface area contributed by atoms with E-state index in [2.05, 4.69) is 20.4 Å². The number of amides is 1. The molecule has 0 saturated carbocycles. The number of benzene rings is 2. The second-order valence-corrected chi connectivity index (χ2v) is 7.44. The first-order valence-corrected chi connectivity index (χ1v) is 10.00. The molecule has 2 heterocycles. The number of rotatable bonds is 5. The molecule has 0 saturated heterocycles. The first kappa shape index (κ1) is 22.3. The molecule has 33 heavy (non-hydrogen) atoms. The minimum absolute atomic E-state index is 0.0710. The zero-order chi connectivity index (χ0) is 23.8. The van der Waals surface area contributed by atoms with Crippen molar-refractivity contribution in [3.05, 3.63) is 71.0 Å². The number of methoxy groups -OCH3 is 1. The van der Waals surface area contributed by atoms with Gasteiger partial charge in [0, 0.05) is 28.2 Å². The second-order valence-electron chi connectivity index (χ2n) is 7.44. The van der Waals surface area contributed by atoms with Crippen LogP contribution in [0, 0.1) is 13.8 Å². The molecular formula is C23H20F3N5O2. The molecule has 170 valence electrons. The molecule has 0 spiro atoms. The summed E-state index contributed by atoms with van der Waals surface area (Å²) < 4.78 is 45.5. The lowest BCUT2D eigenvalue weighted by atomic mass is 10.1. The van der Waals surface area contributed by atoms with Crippen LogP contribution < -0.4 is 10.1 Å². The van der Waals surface area contributed by atoms with E-state index in [1.54, 1.807) is 37.6 Å². The number of aryl methyl sites for hydroxylation is 2. The summed E-state index contributed by atoms with van der Waals surface area (Å²) in [6, 6.07) is 11.8. The first-order valence-electron chi connectivity index (χ1n) is 10.00. The van der Waals surface area contributed by atoms with Crippen LogP contribution >= 0.6 is 0 Å². The maximum absolute atomic E-state index is 12.9. The Morgan fingerprint density at radius 3 is 2.48 bits per heavy atom. The Balaban J connectivity index is 1.59. The lowest BCUT2D eigenvalue weighted by Gasteiger charge is -2.12. The fourth-order valence-electron chi connectivity index (χ4n) is 3.47. The minimum Gasteiger partial charge on any atom is -0.497 e. The highest BCUT2D eigenvalue weighted by Gasteiger charge is 2.30. The van der Waals surface area contributed by atoms with Crippen LogP contribution in [0.25, 0.3) is 17.2 Å². The average molecular weight is 455 g/mol. The van der Waals surface area contributed by atoms with Gasteiger partial charge in [-0.25, -0.2) is 9.50 Å². The highest BCUT2D eigenvalue weighted by atomic mass is 19.4. The van der Waals surface area contributed by atoms with E-state index in [0.29, 0.717) is 34.3 Å². The van der Waals surface area contributed by atoms with Crippen LogP contribution in [0.3, 0.4) is 0 Å². The predicted molar refractivity (Wildman–Crippen MR) is 116 cm³/mol. The van der Waals surface area contributed by atoms with Crippen molar-refractivity contribution >= 4 is 17.4 Å². The number of aromatic nitrogens is 4. The maximum atomic E-state index is 12.9. The zero-order valence-corrected chi connectivity index (χ0v) is 18.1. The molecule has 0 unspecified atom stereocenters. The largest absolute Gasteiger partial charge is 0.497 e. The third-order valence-electron chi connectivity index (χ3n) is 5.21. The molecule has 4 aromatic rings. The van der Waals surface area contributed by atoms with Gasteiger partial charge in [-0.3, -0.25) is 4.79 Å². The zero-order valence-electron chi connectivity index (χ0n) is 18.1. The van der Waals surface area contributed by atoms with Gasteiger partial charge in [0.15, 0.2) is 5.82 Å². The van der Waals surface area contributed by atoms with Crippen molar-refractivity contribution in [1.29, 1.82) is 0 Å². The van der Waals surface area contributed by atoms with Crippen LogP contribution in [0.1, 0.15) is 22.5 Å². The van der Waals surface area contributed by atoms with Gasteiger partial charge >= 0.3 is 6.18 Å². The van der Waals surface area contributed by atoms with Crippen LogP contribution in [0.15, 0.2) is 48.5 Å². The third-order valence-corrected chi connectivity index (χ3v) is 5.21. The number of carbonyl (C=O) groups is 1. The smallest absolute Gasteiger partial charge is 0.416 e. The summed E-state index contributed by atoms with van der Waals surface area (Å²) in [7, 11) is 1.58. The molecule has 0 aliphatic heterocycles. The molecular weight excluding hydrogens is 435 g/mol. The van der Waals surface area contributed by atoms with E-state index in [4.69, 9.17) is 4.74 Å². The quantitative estimate of drug-likeness (QED) is 0.475. The van der Waals surface area contributed by atoms with E-state index >= 15 is 0 Å². The number of fused-ring (bicyclic) bond motifs is 1. The van der Waals surface area contributed by atoms with Crippen molar-refractivity contribution in [2.24, 2.45) is 0 Å². The van der Waals surface area contributed by atoms with Crippen molar-refractivity contribution in [2.75, 3.05) is 12.4 Å². The molecule has 1 amide bonds. The van der Waals surface area contributed by atoms with E-state index in [9.17, 15) is 18.0 Å². The SMILES string of the molecule is COc1ccc(-c2nc3nc(C)c(CC(=O)Nc4cccc(C(F)(F)F)c4)c(C)n3n2)cc1. The molecule has 7 nitrogen and oxygen atoms in total. The summed E-state index contributed by atoms with van der Waals surface area (Å²) in [5.41, 5.74) is 1.91. The van der Waals surface area contributed by atoms with Crippen LogP contribution in [-0.4, -0.2) is 32.6 Å². The van der Waals surface area contributed by atoms with Gasteiger partial charge in [0.05, 0.1) is 19.1 Å². The fourth-order valence-corrected chi connectivity index (χ4v) is 3.47. The highest BCUT2D eigenvalue weighted by molar-refractivity contribution is 5.92. The molecule has 0 aliphatic carbocycles. The maximum Gasteiger partial charge on any atom is 0.416 e. The van der Waals surface area contributed by atoms with E-state index in [0.717, 1.165) is 17.7 Å². The topological polar surface area (TPSA) is 81.4 Å². The van der Waals surface area contributed by atoms with Gasteiger partial charge in [-0.1, -0.05) is 6.07 Å². The van der Waals surface area contributed by atoms with Crippen molar-refractivity contribution in [3.8, 4) is 17.1 Å². The average Bonchev–Trinajstić information content (AvgIpc) is 3.20. The van der Waals surface area contributed by atoms with Gasteiger partial charge in [-0.05, 0) is 56.3 Å². The van der Waals surface area contributed by atoms with Gasteiger partial charge in [0.2, 0.25) is 5.91 Å². The van der Waals surface area contributed by atoms with Crippen molar-refractivity contribution in [2.45, 2.75) is 26.4 Å². The molecule has 2 aromatic carbocycles. The normalized spacial score (nSPS) is 11.6. The van der Waals surface area contributed by atoms with Gasteiger partial charge in [0.1, 0.15) is 5.75 Å². The van der Waals surface area contributed by atoms with E-state index < -0.39 is 17.6 Å². The van der Waals surface area contributed by atoms with Crippen LogP contribution in [0.4, 0.5) is 18.9 Å². The van der Waals surface area contributed by atoms with E-state index in [1.807, 2.05) is 12.1 Å². The molecule has 0 bridgehead atoms. The Morgan fingerprint density at radius 2 is 1.82 bits per heavy atom. The number of anilines is 1. The Kier molecular flexibility index (Phi) is 5.75. The fraction of sp³-hybridized carbons (Fsp3) is 0.217. The number of hydrogen-bond acceptors (Lipinski definition) is 5. The Labute approximate surface area is 187 Å². The molecule has 2 aromatic heterocycles. The summed E-state index contributed by atoms with van der Waals surface area (Å²) in [6.07, 6.45) is -4.56. The number of ether oxygens (including phenoxy) is 1. The standard InChI is InChI=1S/C23H20F3N5O2/c1-13-19(12-20(32)28-17-6-4-5-16(11-17)23(24,25)26)14(2)31-22(27-13)29-21(30-31)15-7-9-18(33-3)10-8-15/h4-11H,12H2,1-3H3,(H,28,32). The summed E-state index contributed by atoms with van der Waals surface area (Å²) >= 11 is 0. The van der Waals surface area contributed by atoms with Gasteiger partial charge in [0.25, 0.3) is 5.78 Å². The molecule has 4 rings (SSSR count). The molecule has 0 radical (unpaired) electrons. The first-order chi connectivity index (χ1) is 15.7. The summed E-state index contributed by atoms with van der Waals surface area (Å²) in [5, 5.41) is 7.04. The number of halogens is 3. The summed E-state index contributed by atoms with van der Waals surface area (Å²) in [6.45, 7) is 3.54. The lowest BCUT2D eigenvalue weighted by Crippen LogP contribution is -2.18. The minimum atomic E-state index is -4.49. The molecule has 10 heteroatoms. The lowest BCUT2D eigenvalue weighted by molar-refractivity contribution is -0.137. The number of hydrogen-bond donors (Lipinski definition) is 1. The van der Waals surface area contributed by atoms with E-state index in [-0.39, 0.29) is 12.1 Å². The van der Waals surface area contributed by atoms with Crippen molar-refractivity contribution in [3.63, 3.8) is 0 Å². The number of nitrogens with one attached hydrogen (secondary N) is 1. The molecule has 0 atom stereocenters. The summed E-state index contributed by atoms with van der Waals surface area (Å²) in [5.74, 6) is 1.11. The van der Waals surface area contributed by atoms with Crippen LogP contribution in [0.5, 0.6) is 5.75 Å². The number of nitrogens with zero attached hydrogens (tertiary/aromatic N) is 4. The monoisotopic (exact) mass is 455 g/mol. The molecule has 0 fully saturated rings. The van der Waals surface area contributed by atoms with Crippen LogP contribution in [-0.2, 0) is 17.4 Å². The van der Waals surface area contributed by atoms with E-state index in [1.165, 1.54) is 12.1 Å². The number of alkyl halides is 3. The number of carbonyl (C=O) groups excluding carboxylic acids is 1. The molecule has 1 N–H and O–H groups in total. The molecule has 0 aliphatic rings. The Hall–Kier alpha value is -3.95. The Bertz CT molecular complexity index is 1330. The van der Waals surface area contributed by atoms with Gasteiger partial charge in [-0.15, -0.1) is 5.10 Å². The van der Waals surface area contributed by atoms with Crippen LogP contribution in [0.2, 0.25) is 0 Å². The third kappa shape index (κ3) is 4.64.